The molecule has 0 fully saturated rings. The minimum atomic E-state index is -0.594. The lowest BCUT2D eigenvalue weighted by molar-refractivity contribution is -0.890. The smallest absolute Gasteiger partial charge is 0.251 e. The number of carbonyl (C=O) groups excluding carboxylic acids is 2. The van der Waals surface area contributed by atoms with Crippen LogP contribution in [-0.4, -0.2) is 38.5 Å². The van der Waals surface area contributed by atoms with Crippen LogP contribution in [0.1, 0.15) is 62.1 Å². The molecule has 2 aromatic rings. The maximum Gasteiger partial charge on any atom is 0.251 e. The van der Waals surface area contributed by atoms with Crippen molar-refractivity contribution in [1.82, 2.24) is 10.6 Å². The van der Waals surface area contributed by atoms with Crippen LogP contribution in [-0.2, 0) is 10.2 Å². The Kier molecular flexibility index (Phi) is 8.40. The van der Waals surface area contributed by atoms with Crippen molar-refractivity contribution in [2.75, 3.05) is 20.6 Å². The van der Waals surface area contributed by atoms with E-state index >= 15 is 0 Å². The highest BCUT2D eigenvalue weighted by molar-refractivity contribution is 5.97. The van der Waals surface area contributed by atoms with Gasteiger partial charge in [-0.3, -0.25) is 9.59 Å². The molecule has 2 aromatic carbocycles. The monoisotopic (exact) mass is 424 g/mol. The molecule has 0 saturated heterocycles. The molecule has 0 aliphatic heterocycles. The van der Waals surface area contributed by atoms with E-state index in [2.05, 4.69) is 57.6 Å². The standard InChI is InChI=1S/C26H37N3O2/c1-18(2)23(28-24(30)20-13-15-21(16-14-20)26(3,4)5)25(31)27-17-22(29(6)7)19-11-9-8-10-12-19/h8-16,18,22-23H,17H2,1-7H3,(H,27,31)(H,28,30)/p+1/t22-,23-/m1/s1. The quantitative estimate of drug-likeness (QED) is 0.610. The van der Waals surface area contributed by atoms with E-state index in [1.54, 1.807) is 0 Å². The minimum absolute atomic E-state index is 0.0269. The van der Waals surface area contributed by atoms with Crippen LogP contribution in [0, 0.1) is 5.92 Å². The van der Waals surface area contributed by atoms with Crippen molar-refractivity contribution in [3.05, 3.63) is 71.3 Å². The molecular weight excluding hydrogens is 386 g/mol. The first-order valence-electron chi connectivity index (χ1n) is 11.0. The number of benzene rings is 2. The fourth-order valence-electron chi connectivity index (χ4n) is 3.53. The zero-order valence-electron chi connectivity index (χ0n) is 20.0. The maximum absolute atomic E-state index is 13.0. The van der Waals surface area contributed by atoms with Gasteiger partial charge >= 0.3 is 0 Å². The van der Waals surface area contributed by atoms with Gasteiger partial charge < -0.3 is 15.5 Å². The Labute approximate surface area is 187 Å². The van der Waals surface area contributed by atoms with Crippen LogP contribution >= 0.6 is 0 Å². The summed E-state index contributed by atoms with van der Waals surface area (Å²) in [5.74, 6) is -0.413. The molecule has 2 amide bonds. The van der Waals surface area contributed by atoms with Gasteiger partial charge in [0.1, 0.15) is 12.1 Å². The molecule has 2 atom stereocenters. The second-order valence-corrected chi connectivity index (χ2v) is 9.81. The van der Waals surface area contributed by atoms with E-state index < -0.39 is 6.04 Å². The first-order valence-corrected chi connectivity index (χ1v) is 11.0. The van der Waals surface area contributed by atoms with Crippen molar-refractivity contribution in [3.8, 4) is 0 Å². The van der Waals surface area contributed by atoms with Gasteiger partial charge in [0.2, 0.25) is 5.91 Å². The summed E-state index contributed by atoms with van der Waals surface area (Å²) in [5.41, 5.74) is 2.93. The first-order chi connectivity index (χ1) is 14.5. The number of likely N-dealkylation sites (N-methyl/N-ethyl adjacent to an activating group) is 1. The molecule has 0 aliphatic carbocycles. The highest BCUT2D eigenvalue weighted by Crippen LogP contribution is 2.22. The molecule has 0 radical (unpaired) electrons. The summed E-state index contributed by atoms with van der Waals surface area (Å²) in [6, 6.07) is 17.3. The lowest BCUT2D eigenvalue weighted by Crippen LogP contribution is -3.07. The highest BCUT2D eigenvalue weighted by Gasteiger charge is 2.27. The van der Waals surface area contributed by atoms with Crippen molar-refractivity contribution in [2.24, 2.45) is 5.92 Å². The summed E-state index contributed by atoms with van der Waals surface area (Å²) < 4.78 is 0. The zero-order chi connectivity index (χ0) is 23.2. The van der Waals surface area contributed by atoms with E-state index in [0.29, 0.717) is 12.1 Å². The molecule has 0 aliphatic rings. The van der Waals surface area contributed by atoms with Crippen LogP contribution in [0.5, 0.6) is 0 Å². The topological polar surface area (TPSA) is 62.6 Å². The largest absolute Gasteiger partial charge is 0.348 e. The molecule has 168 valence electrons. The van der Waals surface area contributed by atoms with Crippen molar-refractivity contribution in [1.29, 1.82) is 0 Å². The summed E-state index contributed by atoms with van der Waals surface area (Å²) >= 11 is 0. The SMILES string of the molecule is CC(C)[C@@H](NC(=O)c1ccc(C(C)(C)C)cc1)C(=O)NC[C@H](c1ccccc1)[NH+](C)C. The van der Waals surface area contributed by atoms with Gasteiger partial charge in [-0.05, 0) is 29.0 Å². The molecule has 31 heavy (non-hydrogen) atoms. The summed E-state index contributed by atoms with van der Waals surface area (Å²) in [6.07, 6.45) is 0. The van der Waals surface area contributed by atoms with Gasteiger partial charge in [0.15, 0.2) is 0 Å². The molecule has 5 heteroatoms. The van der Waals surface area contributed by atoms with Crippen LogP contribution in [0.4, 0.5) is 0 Å². The molecule has 0 spiro atoms. The van der Waals surface area contributed by atoms with Gasteiger partial charge in [0.25, 0.3) is 5.91 Å². The summed E-state index contributed by atoms with van der Waals surface area (Å²) in [4.78, 5) is 27.0. The van der Waals surface area contributed by atoms with Crippen molar-refractivity contribution in [3.63, 3.8) is 0 Å². The maximum atomic E-state index is 13.0. The van der Waals surface area contributed by atoms with Crippen LogP contribution in [0.25, 0.3) is 0 Å². The number of quaternary nitrogens is 1. The van der Waals surface area contributed by atoms with Gasteiger partial charge in [0.05, 0.1) is 20.6 Å². The van der Waals surface area contributed by atoms with E-state index in [1.165, 1.54) is 16.0 Å². The Hall–Kier alpha value is -2.66. The van der Waals surface area contributed by atoms with Crippen molar-refractivity contribution >= 4 is 11.8 Å². The fraction of sp³-hybridized carbons (Fsp3) is 0.462. The Morgan fingerprint density at radius 2 is 1.52 bits per heavy atom. The number of carbonyl (C=O) groups is 2. The number of hydrogen-bond acceptors (Lipinski definition) is 2. The lowest BCUT2D eigenvalue weighted by Gasteiger charge is -2.25. The van der Waals surface area contributed by atoms with Gasteiger partial charge in [-0.2, -0.15) is 0 Å². The minimum Gasteiger partial charge on any atom is -0.348 e. The molecule has 2 rings (SSSR count). The van der Waals surface area contributed by atoms with Crippen LogP contribution < -0.4 is 15.5 Å². The third-order valence-corrected chi connectivity index (χ3v) is 5.63. The van der Waals surface area contributed by atoms with Crippen molar-refractivity contribution < 1.29 is 14.5 Å². The van der Waals surface area contributed by atoms with Gasteiger partial charge in [-0.25, -0.2) is 0 Å². The summed E-state index contributed by atoms with van der Waals surface area (Å²) in [5, 5.41) is 5.98. The average molecular weight is 425 g/mol. The lowest BCUT2D eigenvalue weighted by atomic mass is 9.86. The Bertz CT molecular complexity index is 852. The zero-order valence-corrected chi connectivity index (χ0v) is 20.0. The van der Waals surface area contributed by atoms with E-state index in [-0.39, 0.29) is 29.2 Å². The highest BCUT2D eigenvalue weighted by atomic mass is 16.2. The van der Waals surface area contributed by atoms with Gasteiger partial charge in [-0.15, -0.1) is 0 Å². The first kappa shape index (κ1) is 24.6. The Balaban J connectivity index is 2.05. The van der Waals surface area contributed by atoms with E-state index in [0.717, 1.165) is 0 Å². The Morgan fingerprint density at radius 3 is 2.00 bits per heavy atom. The van der Waals surface area contributed by atoms with E-state index in [9.17, 15) is 9.59 Å². The predicted molar refractivity (Wildman–Crippen MR) is 126 cm³/mol. The Morgan fingerprint density at radius 1 is 0.935 bits per heavy atom. The third-order valence-electron chi connectivity index (χ3n) is 5.63. The van der Waals surface area contributed by atoms with E-state index in [4.69, 9.17) is 0 Å². The summed E-state index contributed by atoms with van der Waals surface area (Å²) in [7, 11) is 4.15. The second-order valence-electron chi connectivity index (χ2n) is 9.81. The molecule has 0 saturated carbocycles. The van der Waals surface area contributed by atoms with Crippen LogP contribution in [0.3, 0.4) is 0 Å². The number of hydrogen-bond donors (Lipinski definition) is 3. The predicted octanol–water partition coefficient (Wildman–Crippen LogP) is 2.74. The second kappa shape index (κ2) is 10.6. The van der Waals surface area contributed by atoms with Crippen LogP contribution in [0.15, 0.2) is 54.6 Å². The molecule has 0 aromatic heterocycles. The molecular formula is C26H38N3O2+. The average Bonchev–Trinajstić information content (AvgIpc) is 2.71. The number of nitrogens with one attached hydrogen (secondary N) is 3. The molecule has 0 bridgehead atoms. The van der Waals surface area contributed by atoms with Gasteiger partial charge in [0, 0.05) is 11.1 Å². The molecule has 5 nitrogen and oxygen atoms in total. The molecule has 3 N–H and O–H groups in total. The van der Waals surface area contributed by atoms with E-state index in [1.807, 2.05) is 56.3 Å². The number of rotatable bonds is 8. The molecule has 0 unspecified atom stereocenters. The van der Waals surface area contributed by atoms with Gasteiger partial charge in [-0.1, -0.05) is 77.1 Å². The summed E-state index contributed by atoms with van der Waals surface area (Å²) in [6.45, 7) is 10.8. The van der Waals surface area contributed by atoms with Crippen molar-refractivity contribution in [2.45, 2.75) is 52.1 Å². The third kappa shape index (κ3) is 6.93. The normalized spacial score (nSPS) is 13.7. The number of amides is 2. The molecule has 0 heterocycles. The fourth-order valence-corrected chi connectivity index (χ4v) is 3.53. The van der Waals surface area contributed by atoms with Crippen LogP contribution in [0.2, 0.25) is 0 Å².